The highest BCUT2D eigenvalue weighted by Crippen LogP contribution is 2.85. The molecule has 6 rings (SSSR count). The first-order valence-electron chi connectivity index (χ1n) is 10.2. The van der Waals surface area contributed by atoms with Crippen molar-refractivity contribution in [1.82, 2.24) is 15.1 Å². The van der Waals surface area contributed by atoms with Gasteiger partial charge >= 0.3 is 0 Å². The van der Waals surface area contributed by atoms with Crippen LogP contribution in [0.4, 0.5) is 8.78 Å². The number of hydrogen-bond acceptors (Lipinski definition) is 4. The third-order valence-electron chi connectivity index (χ3n) is 8.03. The smallest absolute Gasteiger partial charge is 0.239 e. The van der Waals surface area contributed by atoms with E-state index < -0.39 is 22.8 Å². The molecular weight excluding hydrogens is 376 g/mol. The van der Waals surface area contributed by atoms with Crippen LogP contribution in [0.3, 0.4) is 0 Å². The molecule has 0 radical (unpaired) electrons. The second kappa shape index (κ2) is 5.32. The highest BCUT2D eigenvalue weighted by atomic mass is 19.1. The normalized spacial score (nSPS) is 33.6. The van der Waals surface area contributed by atoms with Crippen LogP contribution in [0.2, 0.25) is 0 Å². The monoisotopic (exact) mass is 397 g/mol. The molecule has 0 N–H and O–H groups in total. The van der Waals surface area contributed by atoms with E-state index >= 15 is 0 Å². The van der Waals surface area contributed by atoms with Crippen LogP contribution in [-0.4, -0.2) is 34.1 Å². The maximum atomic E-state index is 14.0. The van der Waals surface area contributed by atoms with E-state index in [-0.39, 0.29) is 22.6 Å². The van der Waals surface area contributed by atoms with Gasteiger partial charge in [0.25, 0.3) is 0 Å². The van der Waals surface area contributed by atoms with Crippen LogP contribution in [0.15, 0.2) is 24.3 Å². The third-order valence-corrected chi connectivity index (χ3v) is 8.03. The maximum Gasteiger partial charge on any atom is 0.239 e. The van der Waals surface area contributed by atoms with Gasteiger partial charge in [0, 0.05) is 24.6 Å². The Morgan fingerprint density at radius 2 is 1.86 bits per heavy atom. The van der Waals surface area contributed by atoms with E-state index in [4.69, 9.17) is 4.74 Å². The summed E-state index contributed by atoms with van der Waals surface area (Å²) in [5, 5.41) is 8.52. The molecule has 0 spiro atoms. The van der Waals surface area contributed by atoms with Gasteiger partial charge in [0.1, 0.15) is 0 Å². The largest absolute Gasteiger partial charge is 0.431 e. The molecule has 1 aliphatic heterocycles. The molecule has 2 bridgehead atoms. The number of carbonyl (C=O) groups excluding carboxylic acids is 1. The fraction of sp³-hybridized carbons (Fsp3) is 0.500. The number of fused-ring (bicyclic) bond motifs is 2. The molecule has 1 aromatic heterocycles. The van der Waals surface area contributed by atoms with Gasteiger partial charge in [-0.3, -0.25) is 4.79 Å². The van der Waals surface area contributed by atoms with Crippen LogP contribution >= 0.6 is 0 Å². The zero-order valence-corrected chi connectivity index (χ0v) is 16.2. The Labute approximate surface area is 167 Å². The molecule has 4 aliphatic rings. The number of halogens is 2. The molecule has 2 unspecified atom stereocenters. The van der Waals surface area contributed by atoms with Crippen molar-refractivity contribution in [3.63, 3.8) is 0 Å². The predicted octanol–water partition coefficient (Wildman–Crippen LogP) is 3.86. The topological polar surface area (TPSA) is 55.3 Å². The van der Waals surface area contributed by atoms with Crippen molar-refractivity contribution in [3.05, 3.63) is 47.2 Å². The molecule has 2 heterocycles. The van der Waals surface area contributed by atoms with Crippen LogP contribution in [-0.2, 0) is 15.6 Å². The summed E-state index contributed by atoms with van der Waals surface area (Å²) >= 11 is 0. The molecule has 7 heteroatoms. The number of rotatable bonds is 3. The first kappa shape index (κ1) is 17.3. The number of ether oxygens (including phenoxy) is 1. The molecule has 150 valence electrons. The van der Waals surface area contributed by atoms with E-state index in [9.17, 15) is 13.6 Å². The van der Waals surface area contributed by atoms with Gasteiger partial charge in [0.2, 0.25) is 17.5 Å². The Hall–Kier alpha value is -2.57. The van der Waals surface area contributed by atoms with Crippen molar-refractivity contribution in [2.45, 2.75) is 49.9 Å². The summed E-state index contributed by atoms with van der Waals surface area (Å²) in [5.74, 6) is -1.82. The van der Waals surface area contributed by atoms with Gasteiger partial charge in [-0.2, -0.15) is 5.10 Å². The Morgan fingerprint density at radius 1 is 1.14 bits per heavy atom. The summed E-state index contributed by atoms with van der Waals surface area (Å²) in [6, 6.07) is 5.31. The lowest BCUT2D eigenvalue weighted by molar-refractivity contribution is -0.138. The second-order valence-corrected chi connectivity index (χ2v) is 9.09. The lowest BCUT2D eigenvalue weighted by atomic mass is 9.70. The highest BCUT2D eigenvalue weighted by Gasteiger charge is 2.86. The summed E-state index contributed by atoms with van der Waals surface area (Å²) in [5.41, 5.74) is 0.843. The fourth-order valence-corrected chi connectivity index (χ4v) is 6.49. The number of likely N-dealkylation sites (tertiary alicyclic amines) is 1. The molecule has 1 aromatic carbocycles. The van der Waals surface area contributed by atoms with E-state index in [2.05, 4.69) is 17.1 Å². The van der Waals surface area contributed by atoms with E-state index in [1.54, 1.807) is 6.07 Å². The van der Waals surface area contributed by atoms with Crippen LogP contribution in [0, 0.1) is 17.0 Å². The van der Waals surface area contributed by atoms with Gasteiger partial charge in [-0.25, -0.2) is 8.78 Å². The third kappa shape index (κ3) is 1.87. The van der Waals surface area contributed by atoms with Gasteiger partial charge in [0.15, 0.2) is 11.6 Å². The molecule has 1 saturated heterocycles. The van der Waals surface area contributed by atoms with E-state index in [1.807, 2.05) is 4.90 Å². The maximum absolute atomic E-state index is 14.0. The first-order chi connectivity index (χ1) is 13.9. The number of nitrogens with zero attached hydrogens (tertiary/aromatic N) is 3. The summed E-state index contributed by atoms with van der Waals surface area (Å²) in [4.78, 5) is 15.6. The number of aromatic nitrogens is 2. The minimum atomic E-state index is -0.788. The van der Waals surface area contributed by atoms with Crippen molar-refractivity contribution in [1.29, 1.82) is 0 Å². The standard InChI is InChI=1S/C22H21F2N3O2/c1-20-12-21(20)7-8-22(20,19(28)27-9-2-3-10-27)18-13(21)11-16(25-26-18)29-17-14(23)5-4-6-15(17)24/h4-6,11H,2-3,7-10,12H2,1H3/t20?,21?,22-/m1/s1. The summed E-state index contributed by atoms with van der Waals surface area (Å²) in [7, 11) is 0. The summed E-state index contributed by atoms with van der Waals surface area (Å²) in [6.45, 7) is 3.80. The molecule has 3 fully saturated rings. The molecule has 2 saturated carbocycles. The quantitative estimate of drug-likeness (QED) is 0.789. The Bertz CT molecular complexity index is 1050. The van der Waals surface area contributed by atoms with E-state index in [0.29, 0.717) is 0 Å². The average molecular weight is 397 g/mol. The molecular formula is C22H21F2N3O2. The van der Waals surface area contributed by atoms with Crippen LogP contribution in [0.25, 0.3) is 0 Å². The van der Waals surface area contributed by atoms with Crippen molar-refractivity contribution in [3.8, 4) is 11.6 Å². The van der Waals surface area contributed by atoms with Crippen molar-refractivity contribution >= 4 is 5.91 Å². The predicted molar refractivity (Wildman–Crippen MR) is 99.6 cm³/mol. The summed E-state index contributed by atoms with van der Waals surface area (Å²) < 4.78 is 33.4. The SMILES string of the molecule is CC12CC13CC[C@]2(C(=O)N1CCCC1)c1nnc(Oc2c(F)cccc2F)cc13. The lowest BCUT2D eigenvalue weighted by Gasteiger charge is -2.37. The number of carbonyl (C=O) groups is 1. The Kier molecular flexibility index (Phi) is 3.17. The zero-order valence-electron chi connectivity index (χ0n) is 16.2. The van der Waals surface area contributed by atoms with Gasteiger partial charge in [-0.05, 0) is 55.2 Å². The van der Waals surface area contributed by atoms with Gasteiger partial charge in [0.05, 0.1) is 11.1 Å². The number of benzene rings is 1. The molecule has 1 amide bonds. The second-order valence-electron chi connectivity index (χ2n) is 9.09. The van der Waals surface area contributed by atoms with Gasteiger partial charge in [-0.1, -0.05) is 13.0 Å². The molecule has 3 aliphatic carbocycles. The molecule has 29 heavy (non-hydrogen) atoms. The van der Waals surface area contributed by atoms with Crippen molar-refractivity contribution < 1.29 is 18.3 Å². The van der Waals surface area contributed by atoms with E-state index in [1.165, 1.54) is 6.07 Å². The highest BCUT2D eigenvalue weighted by molar-refractivity contribution is 5.94. The Morgan fingerprint density at radius 3 is 2.55 bits per heavy atom. The average Bonchev–Trinajstić information content (AvgIpc) is 3.06. The van der Waals surface area contributed by atoms with Crippen molar-refractivity contribution in [2.75, 3.05) is 13.1 Å². The van der Waals surface area contributed by atoms with Crippen LogP contribution < -0.4 is 4.74 Å². The Balaban J connectivity index is 1.43. The number of para-hydroxylation sites is 1. The van der Waals surface area contributed by atoms with Crippen molar-refractivity contribution in [2.24, 2.45) is 5.41 Å². The van der Waals surface area contributed by atoms with Crippen LogP contribution in [0.1, 0.15) is 50.3 Å². The van der Waals surface area contributed by atoms with E-state index in [0.717, 1.165) is 68.6 Å². The van der Waals surface area contributed by atoms with Gasteiger partial charge < -0.3 is 9.64 Å². The minimum Gasteiger partial charge on any atom is -0.431 e. The molecule has 2 aromatic rings. The summed E-state index contributed by atoms with van der Waals surface area (Å²) in [6.07, 6.45) is 4.75. The minimum absolute atomic E-state index is 0.0627. The van der Waals surface area contributed by atoms with Gasteiger partial charge in [-0.15, -0.1) is 5.10 Å². The number of hydrogen-bond donors (Lipinski definition) is 0. The molecule has 5 nitrogen and oxygen atoms in total. The molecule has 3 atom stereocenters. The number of amides is 1. The zero-order chi connectivity index (χ0) is 20.0. The fourth-order valence-electron chi connectivity index (χ4n) is 6.49. The first-order valence-corrected chi connectivity index (χ1v) is 10.2. The van der Waals surface area contributed by atoms with Crippen LogP contribution in [0.5, 0.6) is 11.6 Å². The lowest BCUT2D eigenvalue weighted by Crippen LogP contribution is -2.49.